The Morgan fingerprint density at radius 2 is 1.89 bits per heavy atom. The van der Waals surface area contributed by atoms with Crippen molar-refractivity contribution in [2.75, 3.05) is 25.1 Å². The Balaban J connectivity index is 3.18. The van der Waals surface area contributed by atoms with Gasteiger partial charge in [0, 0.05) is 24.7 Å². The maximum atomic E-state index is 7.67. The SMILES string of the molecule is CCCN(CCC)c1cc(OC)ccc1C(=N)N. The topological polar surface area (TPSA) is 62.3 Å². The first-order chi connectivity index (χ1) is 8.63. The third kappa shape index (κ3) is 3.39. The maximum absolute atomic E-state index is 7.67. The summed E-state index contributed by atoms with van der Waals surface area (Å²) in [6.45, 7) is 6.22. The lowest BCUT2D eigenvalue weighted by molar-refractivity contribution is 0.414. The van der Waals surface area contributed by atoms with Crippen molar-refractivity contribution in [1.82, 2.24) is 0 Å². The highest BCUT2D eigenvalue weighted by Crippen LogP contribution is 2.26. The van der Waals surface area contributed by atoms with Crippen molar-refractivity contribution in [2.24, 2.45) is 5.73 Å². The molecule has 0 amide bonds. The van der Waals surface area contributed by atoms with Gasteiger partial charge in [-0.2, -0.15) is 0 Å². The molecule has 0 aliphatic heterocycles. The Bertz CT molecular complexity index is 398. The number of ether oxygens (including phenoxy) is 1. The van der Waals surface area contributed by atoms with Crippen LogP contribution >= 0.6 is 0 Å². The zero-order valence-corrected chi connectivity index (χ0v) is 11.5. The summed E-state index contributed by atoms with van der Waals surface area (Å²) in [6.07, 6.45) is 2.13. The first kappa shape index (κ1) is 14.4. The average molecular weight is 249 g/mol. The molecule has 0 fully saturated rings. The van der Waals surface area contributed by atoms with Gasteiger partial charge in [0.1, 0.15) is 11.6 Å². The predicted molar refractivity (Wildman–Crippen MR) is 76.8 cm³/mol. The molecule has 4 heteroatoms. The number of amidine groups is 1. The van der Waals surface area contributed by atoms with Gasteiger partial charge in [-0.15, -0.1) is 0 Å². The third-order valence-corrected chi connectivity index (χ3v) is 2.82. The molecule has 0 atom stereocenters. The molecule has 0 saturated carbocycles. The summed E-state index contributed by atoms with van der Waals surface area (Å²) < 4.78 is 5.26. The van der Waals surface area contributed by atoms with E-state index < -0.39 is 0 Å². The van der Waals surface area contributed by atoms with Gasteiger partial charge >= 0.3 is 0 Å². The monoisotopic (exact) mass is 249 g/mol. The maximum Gasteiger partial charge on any atom is 0.124 e. The van der Waals surface area contributed by atoms with E-state index in [1.165, 1.54) is 0 Å². The molecule has 0 spiro atoms. The van der Waals surface area contributed by atoms with E-state index in [0.717, 1.165) is 42.9 Å². The van der Waals surface area contributed by atoms with E-state index in [4.69, 9.17) is 15.9 Å². The number of nitrogens with two attached hydrogens (primary N) is 1. The number of anilines is 1. The average Bonchev–Trinajstić information content (AvgIpc) is 2.37. The minimum absolute atomic E-state index is 0.102. The summed E-state index contributed by atoms with van der Waals surface area (Å²) in [4.78, 5) is 2.26. The lowest BCUT2D eigenvalue weighted by atomic mass is 10.1. The van der Waals surface area contributed by atoms with E-state index in [2.05, 4.69) is 18.7 Å². The van der Waals surface area contributed by atoms with E-state index >= 15 is 0 Å². The van der Waals surface area contributed by atoms with E-state index in [0.29, 0.717) is 0 Å². The molecule has 0 heterocycles. The van der Waals surface area contributed by atoms with Crippen molar-refractivity contribution in [2.45, 2.75) is 26.7 Å². The van der Waals surface area contributed by atoms with Gasteiger partial charge in [-0.1, -0.05) is 13.8 Å². The van der Waals surface area contributed by atoms with Crippen LogP contribution in [-0.2, 0) is 0 Å². The largest absolute Gasteiger partial charge is 0.497 e. The minimum atomic E-state index is 0.102. The molecule has 0 aliphatic rings. The minimum Gasteiger partial charge on any atom is -0.497 e. The summed E-state index contributed by atoms with van der Waals surface area (Å²) in [5.74, 6) is 0.900. The standard InChI is InChI=1S/C14H23N3O/c1-4-8-17(9-5-2)13-10-11(18-3)6-7-12(13)14(15)16/h6-7,10H,4-5,8-9H2,1-3H3,(H3,15,16). The number of hydrogen-bond donors (Lipinski definition) is 2. The molecular formula is C14H23N3O. The summed E-state index contributed by atoms with van der Waals surface area (Å²) in [6, 6.07) is 5.66. The van der Waals surface area contributed by atoms with Crippen LogP contribution in [0.15, 0.2) is 18.2 Å². The van der Waals surface area contributed by atoms with Gasteiger partial charge < -0.3 is 15.4 Å². The number of nitrogens with zero attached hydrogens (tertiary/aromatic N) is 1. The van der Waals surface area contributed by atoms with Gasteiger partial charge in [0.05, 0.1) is 12.8 Å². The highest BCUT2D eigenvalue weighted by Gasteiger charge is 2.13. The van der Waals surface area contributed by atoms with Crippen LogP contribution < -0.4 is 15.4 Å². The van der Waals surface area contributed by atoms with E-state index in [1.807, 2.05) is 18.2 Å². The second-order valence-electron chi connectivity index (χ2n) is 4.28. The molecule has 0 saturated heterocycles. The van der Waals surface area contributed by atoms with Crippen LogP contribution in [0.4, 0.5) is 5.69 Å². The Hall–Kier alpha value is -1.71. The van der Waals surface area contributed by atoms with Crippen molar-refractivity contribution < 1.29 is 4.74 Å². The molecule has 4 nitrogen and oxygen atoms in total. The fraction of sp³-hybridized carbons (Fsp3) is 0.500. The Labute approximate surface area is 109 Å². The molecule has 100 valence electrons. The van der Waals surface area contributed by atoms with Crippen LogP contribution in [0.1, 0.15) is 32.3 Å². The summed E-state index contributed by atoms with van der Waals surface area (Å²) in [5, 5.41) is 7.67. The Morgan fingerprint density at radius 1 is 1.28 bits per heavy atom. The van der Waals surface area contributed by atoms with Gasteiger partial charge in [-0.05, 0) is 25.0 Å². The molecule has 0 radical (unpaired) electrons. The van der Waals surface area contributed by atoms with Gasteiger partial charge in [0.15, 0.2) is 0 Å². The van der Waals surface area contributed by atoms with Gasteiger partial charge in [-0.3, -0.25) is 5.41 Å². The van der Waals surface area contributed by atoms with Crippen molar-refractivity contribution in [3.8, 4) is 5.75 Å². The molecule has 1 aromatic rings. The van der Waals surface area contributed by atoms with Crippen LogP contribution in [0.3, 0.4) is 0 Å². The molecule has 1 rings (SSSR count). The van der Waals surface area contributed by atoms with Crippen molar-refractivity contribution in [3.63, 3.8) is 0 Å². The molecule has 0 bridgehead atoms. The zero-order valence-electron chi connectivity index (χ0n) is 11.5. The van der Waals surface area contributed by atoms with Crippen LogP contribution in [0, 0.1) is 5.41 Å². The smallest absolute Gasteiger partial charge is 0.124 e. The predicted octanol–water partition coefficient (Wildman–Crippen LogP) is 2.61. The lowest BCUT2D eigenvalue weighted by Crippen LogP contribution is -2.28. The van der Waals surface area contributed by atoms with Crippen LogP contribution in [0.2, 0.25) is 0 Å². The van der Waals surface area contributed by atoms with Crippen LogP contribution in [-0.4, -0.2) is 26.0 Å². The summed E-state index contributed by atoms with van der Waals surface area (Å²) >= 11 is 0. The number of benzene rings is 1. The molecule has 1 aromatic carbocycles. The number of nitrogen functional groups attached to an aromatic ring is 1. The molecule has 0 aliphatic carbocycles. The quantitative estimate of drug-likeness (QED) is 0.577. The Morgan fingerprint density at radius 3 is 2.33 bits per heavy atom. The number of nitrogens with one attached hydrogen (secondary N) is 1. The summed E-state index contributed by atoms with van der Waals surface area (Å²) in [7, 11) is 1.65. The van der Waals surface area contributed by atoms with Crippen molar-refractivity contribution in [3.05, 3.63) is 23.8 Å². The van der Waals surface area contributed by atoms with E-state index in [-0.39, 0.29) is 5.84 Å². The molecular weight excluding hydrogens is 226 g/mol. The third-order valence-electron chi connectivity index (χ3n) is 2.82. The zero-order chi connectivity index (χ0) is 13.5. The van der Waals surface area contributed by atoms with Gasteiger partial charge in [0.2, 0.25) is 0 Å². The van der Waals surface area contributed by atoms with Crippen LogP contribution in [0.25, 0.3) is 0 Å². The number of methoxy groups -OCH3 is 1. The molecule has 3 N–H and O–H groups in total. The summed E-state index contributed by atoms with van der Waals surface area (Å²) in [5.41, 5.74) is 7.42. The van der Waals surface area contributed by atoms with E-state index in [9.17, 15) is 0 Å². The van der Waals surface area contributed by atoms with Crippen molar-refractivity contribution >= 4 is 11.5 Å². The normalized spacial score (nSPS) is 10.2. The second-order valence-corrected chi connectivity index (χ2v) is 4.28. The molecule has 18 heavy (non-hydrogen) atoms. The molecule has 0 unspecified atom stereocenters. The van der Waals surface area contributed by atoms with Crippen molar-refractivity contribution in [1.29, 1.82) is 5.41 Å². The lowest BCUT2D eigenvalue weighted by Gasteiger charge is -2.26. The fourth-order valence-corrected chi connectivity index (χ4v) is 2.02. The number of hydrogen-bond acceptors (Lipinski definition) is 3. The number of rotatable bonds is 7. The highest BCUT2D eigenvalue weighted by atomic mass is 16.5. The molecule has 0 aromatic heterocycles. The van der Waals surface area contributed by atoms with E-state index in [1.54, 1.807) is 7.11 Å². The Kier molecular flexibility index (Phi) is 5.49. The first-order valence-electron chi connectivity index (χ1n) is 6.41. The fourth-order valence-electron chi connectivity index (χ4n) is 2.02. The van der Waals surface area contributed by atoms with Crippen LogP contribution in [0.5, 0.6) is 5.75 Å². The second kappa shape index (κ2) is 6.89. The van der Waals surface area contributed by atoms with Gasteiger partial charge in [-0.25, -0.2) is 0 Å². The van der Waals surface area contributed by atoms with Gasteiger partial charge in [0.25, 0.3) is 0 Å². The first-order valence-corrected chi connectivity index (χ1v) is 6.41. The highest BCUT2D eigenvalue weighted by molar-refractivity contribution is 6.00.